The summed E-state index contributed by atoms with van der Waals surface area (Å²) < 4.78 is 0. The van der Waals surface area contributed by atoms with Gasteiger partial charge in [0.05, 0.1) is 22.6 Å². The molecule has 4 aromatic heterocycles. The maximum atomic E-state index is 5.14. The van der Waals surface area contributed by atoms with E-state index < -0.39 is 0 Å². The summed E-state index contributed by atoms with van der Waals surface area (Å²) in [5, 5.41) is 3.60. The Hall–Kier alpha value is -6.59. The van der Waals surface area contributed by atoms with E-state index in [1.54, 1.807) is 12.4 Å². The van der Waals surface area contributed by atoms with Gasteiger partial charge in [-0.05, 0) is 76.3 Å². The summed E-state index contributed by atoms with van der Waals surface area (Å²) in [6.07, 6.45) is 14.8. The molecule has 0 aliphatic heterocycles. The maximum absolute atomic E-state index is 5.14. The van der Waals surface area contributed by atoms with Crippen LogP contribution in [0.3, 0.4) is 0 Å². The van der Waals surface area contributed by atoms with Crippen LogP contribution in [0, 0.1) is 0 Å². The van der Waals surface area contributed by atoms with Crippen molar-refractivity contribution in [3.8, 4) is 44.9 Å². The van der Waals surface area contributed by atoms with Crippen LogP contribution in [0.5, 0.6) is 0 Å². The van der Waals surface area contributed by atoms with E-state index in [0.717, 1.165) is 51.3 Å². The van der Waals surface area contributed by atoms with Gasteiger partial charge in [-0.1, -0.05) is 103 Å². The molecule has 0 spiro atoms. The highest BCUT2D eigenvalue weighted by atomic mass is 14.9. The van der Waals surface area contributed by atoms with Crippen LogP contribution in [-0.2, 0) is 0 Å². The normalized spacial score (nSPS) is 14.2. The van der Waals surface area contributed by atoms with Gasteiger partial charge in [0, 0.05) is 58.4 Å². The topological polar surface area (TPSA) is 64.5 Å². The van der Waals surface area contributed by atoms with E-state index in [0.29, 0.717) is 5.82 Å². The molecule has 0 amide bonds. The van der Waals surface area contributed by atoms with E-state index in [2.05, 4.69) is 119 Å². The molecular formula is C45H31N5. The largest absolute Gasteiger partial charge is 0.264 e. The van der Waals surface area contributed by atoms with Crippen molar-refractivity contribution in [2.45, 2.75) is 12.3 Å². The number of nitrogens with zero attached hydrogens (tertiary/aromatic N) is 5. The van der Waals surface area contributed by atoms with Crippen LogP contribution in [-0.4, -0.2) is 24.9 Å². The Kier molecular flexibility index (Phi) is 7.56. The lowest BCUT2D eigenvalue weighted by molar-refractivity contribution is 0.855. The molecule has 4 aromatic carbocycles. The fourth-order valence-electron chi connectivity index (χ4n) is 6.86. The molecule has 0 saturated carbocycles. The standard InChI is InChI=1S/C45H31N5/c1-2-10-32(11-3-1)41-26-39(44-38-16-5-4-9-31(38)21-22-40(44)48-41)35-13-6-12-34(25-35)30-17-19-33(20-18-30)45-49-42(36-14-7-23-46-28-36)27-43(50-45)37-15-8-24-47-29-37/h1-17,19-30H,18H2. The molecule has 1 aliphatic carbocycles. The fraction of sp³-hybridized carbons (Fsp3) is 0.0444. The SMILES string of the molecule is C1=CC(c2cccc(-c3cc(-c4ccccc4)nc4ccc5ccccc5c34)c2)CC=C1c1nc(-c2cccnc2)cc(-c2cccnc2)n1. The summed E-state index contributed by atoms with van der Waals surface area (Å²) >= 11 is 0. The van der Waals surface area contributed by atoms with Crippen LogP contribution in [0.1, 0.15) is 23.7 Å². The minimum absolute atomic E-state index is 0.219. The Labute approximate surface area is 290 Å². The second kappa shape index (κ2) is 12.8. The zero-order valence-electron chi connectivity index (χ0n) is 27.2. The van der Waals surface area contributed by atoms with Crippen molar-refractivity contribution in [1.82, 2.24) is 24.9 Å². The highest BCUT2D eigenvalue weighted by Gasteiger charge is 2.18. The quantitative estimate of drug-likeness (QED) is 0.169. The molecule has 5 nitrogen and oxygen atoms in total. The summed E-state index contributed by atoms with van der Waals surface area (Å²) in [5.41, 5.74) is 11.3. The fourth-order valence-corrected chi connectivity index (χ4v) is 6.86. The molecule has 4 heterocycles. The first-order valence-corrected chi connectivity index (χ1v) is 16.8. The molecule has 0 bridgehead atoms. The summed E-state index contributed by atoms with van der Waals surface area (Å²) in [6.45, 7) is 0. The number of aromatic nitrogens is 5. The minimum atomic E-state index is 0.219. The first-order valence-electron chi connectivity index (χ1n) is 16.8. The Morgan fingerprint density at radius 3 is 1.96 bits per heavy atom. The molecule has 50 heavy (non-hydrogen) atoms. The maximum Gasteiger partial charge on any atom is 0.160 e. The van der Waals surface area contributed by atoms with Crippen molar-refractivity contribution in [2.24, 2.45) is 0 Å². The molecular weight excluding hydrogens is 611 g/mol. The first-order chi connectivity index (χ1) is 24.8. The van der Waals surface area contributed by atoms with E-state index in [1.165, 1.54) is 32.8 Å². The van der Waals surface area contributed by atoms with E-state index in [9.17, 15) is 0 Å². The van der Waals surface area contributed by atoms with Gasteiger partial charge in [-0.3, -0.25) is 9.97 Å². The first kappa shape index (κ1) is 29.5. The zero-order valence-corrected chi connectivity index (χ0v) is 27.2. The Bertz CT molecular complexity index is 2500. The third-order valence-corrected chi connectivity index (χ3v) is 9.39. The van der Waals surface area contributed by atoms with Gasteiger partial charge < -0.3 is 0 Å². The minimum Gasteiger partial charge on any atom is -0.264 e. The van der Waals surface area contributed by atoms with E-state index >= 15 is 0 Å². The second-order valence-corrected chi connectivity index (χ2v) is 12.5. The smallest absolute Gasteiger partial charge is 0.160 e. The third kappa shape index (κ3) is 5.65. The summed E-state index contributed by atoms with van der Waals surface area (Å²) in [6, 6.07) is 44.5. The van der Waals surface area contributed by atoms with Crippen molar-refractivity contribution in [3.05, 3.63) is 182 Å². The van der Waals surface area contributed by atoms with Crippen molar-refractivity contribution < 1.29 is 0 Å². The monoisotopic (exact) mass is 641 g/mol. The third-order valence-electron chi connectivity index (χ3n) is 9.39. The molecule has 5 heteroatoms. The van der Waals surface area contributed by atoms with Crippen LogP contribution in [0.2, 0.25) is 0 Å². The van der Waals surface area contributed by atoms with Crippen molar-refractivity contribution in [3.63, 3.8) is 0 Å². The number of pyridine rings is 3. The molecule has 0 fully saturated rings. The molecule has 0 radical (unpaired) electrons. The lowest BCUT2D eigenvalue weighted by Gasteiger charge is -2.19. The second-order valence-electron chi connectivity index (χ2n) is 12.5. The molecule has 0 saturated heterocycles. The van der Waals surface area contributed by atoms with Crippen molar-refractivity contribution >= 4 is 27.2 Å². The number of fused-ring (bicyclic) bond motifs is 3. The zero-order chi connectivity index (χ0) is 33.3. The lowest BCUT2D eigenvalue weighted by Crippen LogP contribution is -2.03. The molecule has 1 unspecified atom stereocenters. The van der Waals surface area contributed by atoms with Gasteiger partial charge in [-0.15, -0.1) is 0 Å². The number of benzene rings is 4. The molecule has 8 aromatic rings. The predicted molar refractivity (Wildman–Crippen MR) is 203 cm³/mol. The van der Waals surface area contributed by atoms with E-state index in [4.69, 9.17) is 15.0 Å². The number of rotatable bonds is 6. The molecule has 0 N–H and O–H groups in total. The molecule has 1 atom stereocenters. The highest BCUT2D eigenvalue weighted by molar-refractivity contribution is 6.13. The van der Waals surface area contributed by atoms with Crippen LogP contribution >= 0.6 is 0 Å². The van der Waals surface area contributed by atoms with Crippen LogP contribution in [0.4, 0.5) is 0 Å². The number of allylic oxidation sites excluding steroid dienone is 4. The Morgan fingerprint density at radius 1 is 0.540 bits per heavy atom. The summed E-state index contributed by atoms with van der Waals surface area (Å²) in [5.74, 6) is 0.911. The van der Waals surface area contributed by atoms with Gasteiger partial charge in [0.25, 0.3) is 0 Å². The van der Waals surface area contributed by atoms with Crippen LogP contribution < -0.4 is 0 Å². The number of hydrogen-bond acceptors (Lipinski definition) is 5. The average Bonchev–Trinajstić information content (AvgIpc) is 3.21. The summed E-state index contributed by atoms with van der Waals surface area (Å²) in [7, 11) is 0. The van der Waals surface area contributed by atoms with E-state index in [1.807, 2.05) is 48.8 Å². The van der Waals surface area contributed by atoms with E-state index in [-0.39, 0.29) is 5.92 Å². The molecule has 236 valence electrons. The summed E-state index contributed by atoms with van der Waals surface area (Å²) in [4.78, 5) is 23.8. The van der Waals surface area contributed by atoms with Gasteiger partial charge >= 0.3 is 0 Å². The predicted octanol–water partition coefficient (Wildman–Crippen LogP) is 10.8. The highest BCUT2D eigenvalue weighted by Crippen LogP contribution is 2.39. The van der Waals surface area contributed by atoms with Gasteiger partial charge in [0.1, 0.15) is 0 Å². The Balaban J connectivity index is 1.09. The van der Waals surface area contributed by atoms with Crippen molar-refractivity contribution in [1.29, 1.82) is 0 Å². The van der Waals surface area contributed by atoms with Crippen LogP contribution in [0.25, 0.3) is 72.1 Å². The average molecular weight is 642 g/mol. The van der Waals surface area contributed by atoms with Gasteiger partial charge in [-0.2, -0.15) is 0 Å². The van der Waals surface area contributed by atoms with Gasteiger partial charge in [0.2, 0.25) is 0 Å². The molecule has 1 aliphatic rings. The van der Waals surface area contributed by atoms with Gasteiger partial charge in [-0.25, -0.2) is 15.0 Å². The molecule has 9 rings (SSSR count). The van der Waals surface area contributed by atoms with Gasteiger partial charge in [0.15, 0.2) is 5.82 Å². The van der Waals surface area contributed by atoms with Crippen LogP contribution in [0.15, 0.2) is 170 Å². The lowest BCUT2D eigenvalue weighted by atomic mass is 9.87. The van der Waals surface area contributed by atoms with Crippen molar-refractivity contribution in [2.75, 3.05) is 0 Å². The Morgan fingerprint density at radius 2 is 1.24 bits per heavy atom. The number of hydrogen-bond donors (Lipinski definition) is 0.